The van der Waals surface area contributed by atoms with Gasteiger partial charge in [-0.1, -0.05) is 33.6 Å². The zero-order chi connectivity index (χ0) is 13.8. The number of carbonyl (C=O) groups is 1. The molecule has 0 unspecified atom stereocenters. The molecule has 4 heteroatoms. The Balaban J connectivity index is 2.04. The molecule has 0 atom stereocenters. The minimum atomic E-state index is -0.326. The smallest absolute Gasteiger partial charge is 0.251 e. The van der Waals surface area contributed by atoms with E-state index < -0.39 is 0 Å². The first-order valence-electron chi connectivity index (χ1n) is 5.85. The summed E-state index contributed by atoms with van der Waals surface area (Å²) in [4.78, 5) is 11.9. The molecule has 0 aliphatic carbocycles. The number of hydrogen-bond acceptors (Lipinski definition) is 1. The first-order valence-corrected chi connectivity index (χ1v) is 6.64. The lowest BCUT2D eigenvalue weighted by molar-refractivity contribution is 0.0950. The Bertz CT molecular complexity index is 596. The summed E-state index contributed by atoms with van der Waals surface area (Å²) < 4.78 is 14.3. The number of halogens is 2. The second-order valence-electron chi connectivity index (χ2n) is 4.28. The van der Waals surface area contributed by atoms with E-state index in [-0.39, 0.29) is 18.3 Å². The van der Waals surface area contributed by atoms with E-state index in [0.717, 1.165) is 10.0 Å². The fourth-order valence-electron chi connectivity index (χ4n) is 1.66. The van der Waals surface area contributed by atoms with Crippen LogP contribution in [0.3, 0.4) is 0 Å². The van der Waals surface area contributed by atoms with Crippen molar-refractivity contribution in [3.63, 3.8) is 0 Å². The van der Waals surface area contributed by atoms with Crippen LogP contribution in [0.15, 0.2) is 46.9 Å². The summed E-state index contributed by atoms with van der Waals surface area (Å²) in [5.74, 6) is -0.535. The average Bonchev–Trinajstić information content (AvgIpc) is 2.40. The summed E-state index contributed by atoms with van der Waals surface area (Å²) in [5.41, 5.74) is 2.12. The molecule has 0 spiro atoms. The molecule has 2 rings (SSSR count). The van der Waals surface area contributed by atoms with Crippen molar-refractivity contribution in [1.29, 1.82) is 0 Å². The van der Waals surface area contributed by atoms with Gasteiger partial charge in [0.25, 0.3) is 5.91 Å². The highest BCUT2D eigenvalue weighted by atomic mass is 79.9. The Morgan fingerprint density at radius 2 is 1.89 bits per heavy atom. The SMILES string of the molecule is Cc1ccc(C(=O)NCc2cc(Br)ccc2F)cc1. The topological polar surface area (TPSA) is 29.1 Å². The van der Waals surface area contributed by atoms with Gasteiger partial charge in [0.05, 0.1) is 0 Å². The molecule has 0 heterocycles. The largest absolute Gasteiger partial charge is 0.348 e. The molecule has 0 aliphatic heterocycles. The fourth-order valence-corrected chi connectivity index (χ4v) is 2.07. The molecule has 0 fully saturated rings. The molecule has 0 saturated carbocycles. The van der Waals surface area contributed by atoms with E-state index in [1.54, 1.807) is 24.3 Å². The predicted molar refractivity (Wildman–Crippen MR) is 76.4 cm³/mol. The summed E-state index contributed by atoms with van der Waals surface area (Å²) in [7, 11) is 0. The molecular formula is C15H13BrFNO. The van der Waals surface area contributed by atoms with Gasteiger partial charge in [0.1, 0.15) is 5.82 Å². The van der Waals surface area contributed by atoms with Crippen molar-refractivity contribution in [3.8, 4) is 0 Å². The summed E-state index contributed by atoms with van der Waals surface area (Å²) in [5, 5.41) is 2.70. The Morgan fingerprint density at radius 1 is 1.21 bits per heavy atom. The van der Waals surface area contributed by atoms with Gasteiger partial charge in [-0.2, -0.15) is 0 Å². The Morgan fingerprint density at radius 3 is 2.58 bits per heavy atom. The highest BCUT2D eigenvalue weighted by Crippen LogP contribution is 2.15. The van der Waals surface area contributed by atoms with Crippen LogP contribution in [0, 0.1) is 12.7 Å². The van der Waals surface area contributed by atoms with E-state index in [9.17, 15) is 9.18 Å². The van der Waals surface area contributed by atoms with Gasteiger partial charge in [0.15, 0.2) is 0 Å². The second kappa shape index (κ2) is 5.97. The predicted octanol–water partition coefficient (Wildman–Crippen LogP) is 3.83. The van der Waals surface area contributed by atoms with Crippen molar-refractivity contribution < 1.29 is 9.18 Å². The highest BCUT2D eigenvalue weighted by Gasteiger charge is 2.07. The molecule has 98 valence electrons. The Hall–Kier alpha value is -1.68. The number of hydrogen-bond donors (Lipinski definition) is 1. The number of amides is 1. The molecule has 0 aliphatic rings. The maximum atomic E-state index is 13.5. The molecule has 2 aromatic carbocycles. The van der Waals surface area contributed by atoms with Crippen LogP contribution in [-0.2, 0) is 6.54 Å². The van der Waals surface area contributed by atoms with Gasteiger partial charge in [-0.3, -0.25) is 4.79 Å². The Kier molecular flexibility index (Phi) is 4.32. The summed E-state index contributed by atoms with van der Waals surface area (Å²) in [6.45, 7) is 2.12. The normalized spacial score (nSPS) is 10.3. The van der Waals surface area contributed by atoms with E-state index >= 15 is 0 Å². The third-order valence-electron chi connectivity index (χ3n) is 2.76. The minimum absolute atomic E-state index is 0.165. The van der Waals surface area contributed by atoms with Crippen molar-refractivity contribution in [2.75, 3.05) is 0 Å². The van der Waals surface area contributed by atoms with Crippen LogP contribution in [0.1, 0.15) is 21.5 Å². The average molecular weight is 322 g/mol. The van der Waals surface area contributed by atoms with Gasteiger partial charge in [-0.25, -0.2) is 4.39 Å². The quantitative estimate of drug-likeness (QED) is 0.914. The first kappa shape index (κ1) is 13.7. The number of aryl methyl sites for hydroxylation is 1. The molecule has 2 nitrogen and oxygen atoms in total. The molecule has 0 saturated heterocycles. The molecule has 19 heavy (non-hydrogen) atoms. The van der Waals surface area contributed by atoms with E-state index in [4.69, 9.17) is 0 Å². The van der Waals surface area contributed by atoms with Crippen LogP contribution < -0.4 is 5.32 Å². The zero-order valence-electron chi connectivity index (χ0n) is 10.4. The molecule has 2 aromatic rings. The maximum Gasteiger partial charge on any atom is 0.251 e. The van der Waals surface area contributed by atoms with Crippen LogP contribution in [0.5, 0.6) is 0 Å². The number of nitrogens with one attached hydrogen (secondary N) is 1. The van der Waals surface area contributed by atoms with Crippen molar-refractivity contribution in [2.24, 2.45) is 0 Å². The molecule has 0 radical (unpaired) electrons. The van der Waals surface area contributed by atoms with Gasteiger partial charge < -0.3 is 5.32 Å². The monoisotopic (exact) mass is 321 g/mol. The van der Waals surface area contributed by atoms with Crippen LogP contribution in [-0.4, -0.2) is 5.91 Å². The van der Waals surface area contributed by atoms with Crippen molar-refractivity contribution in [3.05, 3.63) is 69.4 Å². The molecular weight excluding hydrogens is 309 g/mol. The van der Waals surface area contributed by atoms with Crippen LogP contribution >= 0.6 is 15.9 Å². The molecule has 0 bridgehead atoms. The van der Waals surface area contributed by atoms with E-state index in [1.165, 1.54) is 6.07 Å². The fraction of sp³-hybridized carbons (Fsp3) is 0.133. The zero-order valence-corrected chi connectivity index (χ0v) is 12.0. The number of carbonyl (C=O) groups excluding carboxylic acids is 1. The number of rotatable bonds is 3. The number of benzene rings is 2. The van der Waals surface area contributed by atoms with Crippen molar-refractivity contribution >= 4 is 21.8 Å². The van der Waals surface area contributed by atoms with Crippen LogP contribution in [0.2, 0.25) is 0 Å². The highest BCUT2D eigenvalue weighted by molar-refractivity contribution is 9.10. The second-order valence-corrected chi connectivity index (χ2v) is 5.20. The standard InChI is InChI=1S/C15H13BrFNO/c1-10-2-4-11(5-3-10)15(19)18-9-12-8-13(16)6-7-14(12)17/h2-8H,9H2,1H3,(H,18,19). The lowest BCUT2D eigenvalue weighted by Crippen LogP contribution is -2.23. The summed E-state index contributed by atoms with van der Waals surface area (Å²) in [6.07, 6.45) is 0. The molecule has 0 aromatic heterocycles. The lowest BCUT2D eigenvalue weighted by atomic mass is 10.1. The minimum Gasteiger partial charge on any atom is -0.348 e. The van der Waals surface area contributed by atoms with Gasteiger partial charge in [0, 0.05) is 22.1 Å². The van der Waals surface area contributed by atoms with E-state index in [0.29, 0.717) is 11.1 Å². The molecule has 1 amide bonds. The lowest BCUT2D eigenvalue weighted by Gasteiger charge is -2.07. The van der Waals surface area contributed by atoms with Crippen LogP contribution in [0.4, 0.5) is 4.39 Å². The first-order chi connectivity index (χ1) is 9.06. The third-order valence-corrected chi connectivity index (χ3v) is 3.25. The van der Waals surface area contributed by atoms with Gasteiger partial charge in [-0.05, 0) is 37.3 Å². The Labute approximate surface area is 119 Å². The van der Waals surface area contributed by atoms with Gasteiger partial charge in [0.2, 0.25) is 0 Å². The van der Waals surface area contributed by atoms with Gasteiger partial charge >= 0.3 is 0 Å². The van der Waals surface area contributed by atoms with Crippen molar-refractivity contribution in [1.82, 2.24) is 5.32 Å². The maximum absolute atomic E-state index is 13.5. The van der Waals surface area contributed by atoms with Crippen LogP contribution in [0.25, 0.3) is 0 Å². The van der Waals surface area contributed by atoms with Crippen molar-refractivity contribution in [2.45, 2.75) is 13.5 Å². The van der Waals surface area contributed by atoms with Gasteiger partial charge in [-0.15, -0.1) is 0 Å². The van der Waals surface area contributed by atoms with E-state index in [2.05, 4.69) is 21.2 Å². The summed E-state index contributed by atoms with van der Waals surface area (Å²) >= 11 is 3.28. The van der Waals surface area contributed by atoms with E-state index in [1.807, 2.05) is 19.1 Å². The molecule has 1 N–H and O–H groups in total. The third kappa shape index (κ3) is 3.64. The summed E-state index contributed by atoms with van der Waals surface area (Å²) in [6, 6.07) is 11.9.